The molecule has 0 radical (unpaired) electrons. The Morgan fingerprint density at radius 2 is 1.84 bits per heavy atom. The molecule has 0 spiro atoms. The number of carbonyl (C=O) groups is 1. The Kier molecular flexibility index (Phi) is 16.7. The van der Waals surface area contributed by atoms with Crippen molar-refractivity contribution in [2.24, 2.45) is 22.9 Å². The summed E-state index contributed by atoms with van der Waals surface area (Å²) in [7, 11) is 0. The number of carbonyl (C=O) groups excluding carboxylic acids is 1. The van der Waals surface area contributed by atoms with E-state index in [2.05, 4.69) is 23.6 Å². The minimum atomic E-state index is -1.44. The second kappa shape index (κ2) is 21.2. The highest BCUT2D eigenvalue weighted by Gasteiger charge is 2.65. The van der Waals surface area contributed by atoms with Gasteiger partial charge in [-0.2, -0.15) is 0 Å². The van der Waals surface area contributed by atoms with Crippen LogP contribution < -0.4 is 9.47 Å². The van der Waals surface area contributed by atoms with Crippen LogP contribution >= 0.6 is 11.6 Å². The van der Waals surface area contributed by atoms with Crippen LogP contribution in [0.2, 0.25) is 0 Å². The summed E-state index contributed by atoms with van der Waals surface area (Å²) in [6.45, 7) is 13.9. The van der Waals surface area contributed by atoms with Gasteiger partial charge in [-0.1, -0.05) is 30.1 Å². The van der Waals surface area contributed by atoms with Gasteiger partial charge in [0.15, 0.2) is 0 Å². The number of ether oxygens (including phenoxy) is 5. The van der Waals surface area contributed by atoms with Gasteiger partial charge in [-0.3, -0.25) is 9.80 Å². The lowest BCUT2D eigenvalue weighted by Gasteiger charge is -2.60. The molecule has 0 bridgehead atoms. The van der Waals surface area contributed by atoms with Crippen LogP contribution in [-0.2, 0) is 19.0 Å². The lowest BCUT2D eigenvalue weighted by atomic mass is 9.55. The molecule has 2 aliphatic heterocycles. The summed E-state index contributed by atoms with van der Waals surface area (Å²) in [5.41, 5.74) is 2.01. The fourth-order valence-corrected chi connectivity index (χ4v) is 8.51. The van der Waals surface area contributed by atoms with E-state index in [1.54, 1.807) is 11.0 Å². The van der Waals surface area contributed by atoms with Crippen molar-refractivity contribution >= 4 is 23.4 Å². The van der Waals surface area contributed by atoms with E-state index in [9.17, 15) is 20.1 Å². The third kappa shape index (κ3) is 11.2. The van der Waals surface area contributed by atoms with Gasteiger partial charge in [0.2, 0.25) is 5.79 Å². The zero-order valence-corrected chi connectivity index (χ0v) is 34.3. The van der Waals surface area contributed by atoms with Gasteiger partial charge in [0.05, 0.1) is 43.9 Å². The van der Waals surface area contributed by atoms with Crippen LogP contribution in [0.5, 0.6) is 11.5 Å². The Morgan fingerprint density at radius 1 is 1.07 bits per heavy atom. The molecule has 0 aromatic heterocycles. The summed E-state index contributed by atoms with van der Waals surface area (Å²) < 4.78 is 32.0. The molecule has 6 atom stereocenters. The maximum absolute atomic E-state index is 14.2. The highest BCUT2D eigenvalue weighted by molar-refractivity contribution is 6.18. The Bertz CT molecular complexity index is 1480. The molecule has 1 saturated carbocycles. The first-order valence-corrected chi connectivity index (χ1v) is 20.9. The molecular weight excluding hydrogens is 742 g/mol. The van der Waals surface area contributed by atoms with Crippen LogP contribution in [-0.4, -0.2) is 139 Å². The van der Waals surface area contributed by atoms with Gasteiger partial charge in [-0.25, -0.2) is 4.79 Å². The van der Waals surface area contributed by atoms with Crippen LogP contribution in [0, 0.1) is 17.8 Å². The van der Waals surface area contributed by atoms with E-state index in [1.165, 1.54) is 0 Å². The monoisotopic (exact) mass is 805 g/mol. The summed E-state index contributed by atoms with van der Waals surface area (Å²) in [5, 5.41) is 34.0. The molecule has 2 aliphatic carbocycles. The molecular formula is C42H64ClN3O10. The molecule has 1 aromatic carbocycles. The highest BCUT2D eigenvalue weighted by Crippen LogP contribution is 2.62. The quantitative estimate of drug-likeness (QED) is 0.0400. The summed E-state index contributed by atoms with van der Waals surface area (Å²) >= 11 is 6.01. The van der Waals surface area contributed by atoms with E-state index >= 15 is 0 Å². The summed E-state index contributed by atoms with van der Waals surface area (Å²) in [5.74, 6) is -0.429. The number of unbranched alkanes of at least 4 members (excludes halogenated alkanes) is 2. The number of amides is 1. The van der Waals surface area contributed by atoms with Crippen LogP contribution in [0.4, 0.5) is 4.79 Å². The van der Waals surface area contributed by atoms with Crippen molar-refractivity contribution in [1.29, 1.82) is 0 Å². The number of oxime groups is 1. The maximum atomic E-state index is 14.2. The lowest BCUT2D eigenvalue weighted by molar-refractivity contribution is -0.256. The first-order valence-electron chi connectivity index (χ1n) is 20.4. The SMILES string of the molecule is C=CCO[C@@]12Oc3ccc(OCCN4CC4)cc3[C@H]3[C@H](CCCCO)[C@@H](CCCCO)C=C(C(=NOC(C)(C)C)C[C@@H]1N(CCOCCO)C(=O)OCCCl)[C@H]32. The minimum Gasteiger partial charge on any atom is -0.492 e. The Balaban J connectivity index is 1.74. The fraction of sp³-hybridized carbons (Fsp3) is 0.714. The van der Waals surface area contributed by atoms with E-state index in [0.717, 1.165) is 62.2 Å². The number of aliphatic hydroxyl groups excluding tert-OH is 3. The van der Waals surface area contributed by atoms with Crippen LogP contribution in [0.25, 0.3) is 0 Å². The average Bonchev–Trinajstić information content (AvgIpc) is 4.01. The molecule has 13 nitrogen and oxygen atoms in total. The van der Waals surface area contributed by atoms with Crippen molar-refractivity contribution in [3.05, 3.63) is 48.1 Å². The maximum Gasteiger partial charge on any atom is 0.410 e. The fourth-order valence-electron chi connectivity index (χ4n) is 8.43. The van der Waals surface area contributed by atoms with Crippen LogP contribution in [0.15, 0.2) is 47.7 Å². The third-order valence-corrected chi connectivity index (χ3v) is 11.1. The second-order valence-corrected chi connectivity index (χ2v) is 16.4. The summed E-state index contributed by atoms with van der Waals surface area (Å²) in [6, 6.07) is 5.20. The van der Waals surface area contributed by atoms with E-state index < -0.39 is 29.4 Å². The van der Waals surface area contributed by atoms with Gasteiger partial charge in [0.1, 0.15) is 36.4 Å². The Hall–Kier alpha value is -2.91. The Labute approximate surface area is 337 Å². The normalized spacial score (nSPS) is 26.1. The number of benzene rings is 1. The molecule has 1 aromatic rings. The number of hydrogen-bond donors (Lipinski definition) is 3. The predicted molar refractivity (Wildman–Crippen MR) is 214 cm³/mol. The number of aliphatic hydroxyl groups is 3. The number of halogens is 1. The molecule has 314 valence electrons. The first-order chi connectivity index (χ1) is 27.1. The van der Waals surface area contributed by atoms with Gasteiger partial charge in [0.25, 0.3) is 0 Å². The van der Waals surface area contributed by atoms with Crippen molar-refractivity contribution in [2.45, 2.75) is 89.1 Å². The van der Waals surface area contributed by atoms with Crippen molar-refractivity contribution in [1.82, 2.24) is 9.80 Å². The van der Waals surface area contributed by atoms with Crippen molar-refractivity contribution in [3.8, 4) is 11.5 Å². The smallest absolute Gasteiger partial charge is 0.410 e. The molecule has 1 saturated heterocycles. The van der Waals surface area contributed by atoms with E-state index in [4.69, 9.17) is 45.3 Å². The average molecular weight is 806 g/mol. The van der Waals surface area contributed by atoms with Gasteiger partial charge < -0.3 is 43.8 Å². The molecule has 14 heteroatoms. The third-order valence-electron chi connectivity index (χ3n) is 10.9. The molecule has 4 aliphatic rings. The Morgan fingerprint density at radius 3 is 2.52 bits per heavy atom. The van der Waals surface area contributed by atoms with Crippen molar-refractivity contribution < 1.29 is 48.6 Å². The molecule has 0 unspecified atom stereocenters. The van der Waals surface area contributed by atoms with Gasteiger partial charge in [-0.15, -0.1) is 18.2 Å². The molecule has 56 heavy (non-hydrogen) atoms. The lowest BCUT2D eigenvalue weighted by Crippen LogP contribution is -2.70. The predicted octanol–water partition coefficient (Wildman–Crippen LogP) is 5.50. The number of nitrogens with zero attached hydrogens (tertiary/aromatic N) is 3. The van der Waals surface area contributed by atoms with Crippen LogP contribution in [0.1, 0.15) is 77.2 Å². The molecule has 2 heterocycles. The van der Waals surface area contributed by atoms with E-state index in [0.29, 0.717) is 30.9 Å². The highest BCUT2D eigenvalue weighted by atomic mass is 35.5. The molecule has 1 amide bonds. The number of fused-ring (bicyclic) bond motifs is 2. The van der Waals surface area contributed by atoms with Gasteiger partial charge in [-0.05, 0) is 82.1 Å². The minimum absolute atomic E-state index is 0.000409. The van der Waals surface area contributed by atoms with Crippen LogP contribution in [0.3, 0.4) is 0 Å². The summed E-state index contributed by atoms with van der Waals surface area (Å²) in [4.78, 5) is 24.3. The molecule has 3 N–H and O–H groups in total. The zero-order chi connectivity index (χ0) is 40.1. The largest absolute Gasteiger partial charge is 0.492 e. The standard InChI is InChI=1S/C42H64ClN3O10/c1-5-22-54-42-37(46(18-24-51-26-21-49)40(50)53-23-14-43)29-35(44-56-41(2,3)4)33-27-30(10-6-8-19-47)32(11-7-9-20-48)38(39(33)42)34-28-31(12-13-36(34)55-42)52-25-17-45-15-16-45/h5,12-13,27-28,30,32,37-39,47-49H,1,6-11,14-26,29H2,2-4H3/t30-,32+,37-,38+,39+,42+/m0/s1. The van der Waals surface area contributed by atoms with Crippen molar-refractivity contribution in [2.75, 3.05) is 84.9 Å². The topological polar surface area (TPSA) is 152 Å². The second-order valence-electron chi connectivity index (χ2n) is 16.0. The zero-order valence-electron chi connectivity index (χ0n) is 33.5. The van der Waals surface area contributed by atoms with E-state index in [-0.39, 0.29) is 82.8 Å². The molecule has 5 rings (SSSR count). The van der Waals surface area contributed by atoms with E-state index in [1.807, 2.05) is 32.9 Å². The first kappa shape index (κ1) is 44.2. The van der Waals surface area contributed by atoms with Crippen molar-refractivity contribution in [3.63, 3.8) is 0 Å². The van der Waals surface area contributed by atoms with Gasteiger partial charge in [0, 0.05) is 57.3 Å². The molecule has 2 fully saturated rings. The number of alkyl halides is 1. The number of rotatable bonds is 24. The number of hydrogen-bond acceptors (Lipinski definition) is 12. The summed E-state index contributed by atoms with van der Waals surface area (Å²) in [6.07, 6.45) is 8.26. The van der Waals surface area contributed by atoms with Gasteiger partial charge >= 0.3 is 6.09 Å². The number of allylic oxidation sites excluding steroid dienone is 1.